The van der Waals surface area contributed by atoms with Crippen LogP contribution in [0.3, 0.4) is 0 Å². The van der Waals surface area contributed by atoms with Gasteiger partial charge in [-0.25, -0.2) is 8.42 Å². The van der Waals surface area contributed by atoms with Crippen molar-refractivity contribution < 1.29 is 17.7 Å². The van der Waals surface area contributed by atoms with E-state index >= 15 is 0 Å². The Morgan fingerprint density at radius 3 is 2.53 bits per heavy atom. The minimum atomic E-state index is -3.59. The van der Waals surface area contributed by atoms with Gasteiger partial charge in [-0.3, -0.25) is 9.88 Å². The molecule has 8 nitrogen and oxygen atoms in total. The Bertz CT molecular complexity index is 949. The van der Waals surface area contributed by atoms with Gasteiger partial charge in [0.05, 0.1) is 11.7 Å². The fraction of sp³-hybridized carbons (Fsp3) is 0.619. The molecule has 0 radical (unpaired) electrons. The predicted octanol–water partition coefficient (Wildman–Crippen LogP) is 2.52. The molecule has 1 spiro atoms. The minimum Gasteiger partial charge on any atom is -0.370 e. The number of rotatable bonds is 6. The minimum absolute atomic E-state index is 0.183. The second-order valence-corrected chi connectivity index (χ2v) is 10.4. The zero-order valence-corrected chi connectivity index (χ0v) is 18.7. The third kappa shape index (κ3) is 4.30. The van der Waals surface area contributed by atoms with Crippen LogP contribution < -0.4 is 0 Å². The van der Waals surface area contributed by atoms with E-state index in [-0.39, 0.29) is 16.6 Å². The highest BCUT2D eigenvalue weighted by atomic mass is 32.2. The number of ether oxygens (including phenoxy) is 1. The summed E-state index contributed by atoms with van der Waals surface area (Å²) < 4.78 is 39.2. The van der Waals surface area contributed by atoms with Crippen LogP contribution in [0.2, 0.25) is 0 Å². The van der Waals surface area contributed by atoms with Gasteiger partial charge in [0.25, 0.3) is 0 Å². The summed E-state index contributed by atoms with van der Waals surface area (Å²) in [6.45, 7) is 5.97. The van der Waals surface area contributed by atoms with E-state index in [2.05, 4.69) is 22.1 Å². The van der Waals surface area contributed by atoms with Crippen molar-refractivity contribution in [1.82, 2.24) is 19.3 Å². The van der Waals surface area contributed by atoms with Crippen molar-refractivity contribution in [1.29, 1.82) is 0 Å². The van der Waals surface area contributed by atoms with E-state index < -0.39 is 10.0 Å². The molecule has 2 aliphatic rings. The van der Waals surface area contributed by atoms with Crippen molar-refractivity contribution in [3.05, 3.63) is 41.5 Å². The van der Waals surface area contributed by atoms with Gasteiger partial charge in [0, 0.05) is 38.6 Å². The second kappa shape index (κ2) is 8.37. The van der Waals surface area contributed by atoms with Gasteiger partial charge in [0.2, 0.25) is 10.0 Å². The number of hydrogen-bond acceptors (Lipinski definition) is 7. The van der Waals surface area contributed by atoms with Crippen molar-refractivity contribution >= 4 is 10.0 Å². The number of nitrogens with zero attached hydrogens (tertiary/aromatic N) is 4. The lowest BCUT2D eigenvalue weighted by Crippen LogP contribution is -2.47. The molecule has 2 aliphatic heterocycles. The Balaban J connectivity index is 1.33. The third-order valence-corrected chi connectivity index (χ3v) is 8.40. The molecule has 30 heavy (non-hydrogen) atoms. The van der Waals surface area contributed by atoms with Crippen LogP contribution in [0.1, 0.15) is 42.7 Å². The zero-order valence-electron chi connectivity index (χ0n) is 17.9. The van der Waals surface area contributed by atoms with Crippen molar-refractivity contribution in [2.75, 3.05) is 26.7 Å². The fourth-order valence-electron chi connectivity index (χ4n) is 4.71. The van der Waals surface area contributed by atoms with Gasteiger partial charge in [0.15, 0.2) is 5.76 Å². The van der Waals surface area contributed by atoms with Crippen LogP contribution in [-0.2, 0) is 21.3 Å². The van der Waals surface area contributed by atoms with Gasteiger partial charge >= 0.3 is 0 Å². The number of likely N-dealkylation sites (N-methyl/N-ethyl adjacent to an activating group) is 1. The maximum atomic E-state index is 13.1. The Labute approximate surface area is 178 Å². The Hall–Kier alpha value is -1.81. The molecule has 1 unspecified atom stereocenters. The lowest BCUT2D eigenvalue weighted by Gasteiger charge is -2.38. The lowest BCUT2D eigenvalue weighted by molar-refractivity contribution is -0.0747. The first-order chi connectivity index (χ1) is 14.3. The average molecular weight is 435 g/mol. The molecule has 2 fully saturated rings. The molecular formula is C21H30N4O4S. The van der Waals surface area contributed by atoms with E-state index in [1.807, 2.05) is 24.5 Å². The summed E-state index contributed by atoms with van der Waals surface area (Å²) in [5.41, 5.74) is 1.45. The number of aromatic nitrogens is 2. The fourth-order valence-corrected chi connectivity index (χ4v) is 6.44. The number of piperidine rings is 1. The van der Waals surface area contributed by atoms with Crippen LogP contribution in [0, 0.1) is 13.8 Å². The number of sulfonamides is 1. The standard InChI is InChI=1S/C21H30N4O4S/c1-16-20(17(2)29-23-16)30(26,27)25-12-8-21(9-13-25)7-4-19(28-21)15-24(3)14-18-5-10-22-11-6-18/h5-6,10-11,19H,4,7-9,12-15H2,1-3H3. The first-order valence-corrected chi connectivity index (χ1v) is 11.9. The summed E-state index contributed by atoms with van der Waals surface area (Å²) >= 11 is 0. The molecular weight excluding hydrogens is 404 g/mol. The normalized spacial score (nSPS) is 22.2. The molecule has 2 saturated heterocycles. The highest BCUT2D eigenvalue weighted by Crippen LogP contribution is 2.40. The largest absolute Gasteiger partial charge is 0.370 e. The van der Waals surface area contributed by atoms with E-state index in [9.17, 15) is 8.42 Å². The van der Waals surface area contributed by atoms with Crippen LogP contribution in [0.25, 0.3) is 0 Å². The highest BCUT2D eigenvalue weighted by Gasteiger charge is 2.45. The second-order valence-electron chi connectivity index (χ2n) is 8.57. The van der Waals surface area contributed by atoms with Crippen molar-refractivity contribution in [3.63, 3.8) is 0 Å². The van der Waals surface area contributed by atoms with Gasteiger partial charge in [-0.05, 0) is 64.3 Å². The van der Waals surface area contributed by atoms with Crippen LogP contribution in [0.5, 0.6) is 0 Å². The van der Waals surface area contributed by atoms with Crippen LogP contribution >= 0.6 is 0 Å². The lowest BCUT2D eigenvalue weighted by atomic mass is 9.89. The smallest absolute Gasteiger partial charge is 0.248 e. The average Bonchev–Trinajstić information content (AvgIpc) is 3.25. The highest BCUT2D eigenvalue weighted by molar-refractivity contribution is 7.89. The molecule has 0 N–H and O–H groups in total. The number of aryl methyl sites for hydroxylation is 2. The third-order valence-electron chi connectivity index (χ3n) is 6.26. The topological polar surface area (TPSA) is 88.8 Å². The van der Waals surface area contributed by atoms with Crippen molar-refractivity contribution in [2.45, 2.75) is 62.7 Å². The van der Waals surface area contributed by atoms with Gasteiger partial charge < -0.3 is 9.26 Å². The number of pyridine rings is 1. The van der Waals surface area contributed by atoms with E-state index in [0.29, 0.717) is 24.5 Å². The predicted molar refractivity (Wildman–Crippen MR) is 111 cm³/mol. The molecule has 164 valence electrons. The molecule has 2 aromatic rings. The SMILES string of the molecule is Cc1noc(C)c1S(=O)(=O)N1CCC2(CCC(CN(C)Cc3ccncc3)O2)CC1. The van der Waals surface area contributed by atoms with E-state index in [0.717, 1.165) is 38.8 Å². The summed E-state index contributed by atoms with van der Waals surface area (Å²) in [7, 11) is -1.48. The molecule has 2 aromatic heterocycles. The Morgan fingerprint density at radius 2 is 1.90 bits per heavy atom. The van der Waals surface area contributed by atoms with E-state index in [1.54, 1.807) is 18.2 Å². The molecule has 1 atom stereocenters. The summed E-state index contributed by atoms with van der Waals surface area (Å²) in [6, 6.07) is 4.06. The van der Waals surface area contributed by atoms with Crippen molar-refractivity contribution in [3.8, 4) is 0 Å². The summed E-state index contributed by atoms with van der Waals surface area (Å²) in [6.07, 6.45) is 7.25. The number of hydrogen-bond donors (Lipinski definition) is 0. The molecule has 4 rings (SSSR count). The van der Waals surface area contributed by atoms with Gasteiger partial charge in [-0.2, -0.15) is 4.31 Å². The summed E-state index contributed by atoms with van der Waals surface area (Å²) in [5.74, 6) is 0.349. The Kier molecular flexibility index (Phi) is 5.98. The monoisotopic (exact) mass is 434 g/mol. The molecule has 4 heterocycles. The van der Waals surface area contributed by atoms with Gasteiger partial charge in [-0.1, -0.05) is 5.16 Å². The van der Waals surface area contributed by atoms with Crippen molar-refractivity contribution in [2.24, 2.45) is 0 Å². The van der Waals surface area contributed by atoms with Crippen LogP contribution in [-0.4, -0.2) is 66.2 Å². The molecule has 0 aliphatic carbocycles. The van der Waals surface area contributed by atoms with E-state index in [1.165, 1.54) is 5.56 Å². The van der Waals surface area contributed by atoms with Gasteiger partial charge in [-0.15, -0.1) is 0 Å². The zero-order chi connectivity index (χ0) is 21.4. The summed E-state index contributed by atoms with van der Waals surface area (Å²) in [5, 5.41) is 3.80. The first kappa shape index (κ1) is 21.4. The van der Waals surface area contributed by atoms with Crippen LogP contribution in [0.4, 0.5) is 0 Å². The quantitative estimate of drug-likeness (QED) is 0.690. The van der Waals surface area contributed by atoms with E-state index in [4.69, 9.17) is 9.26 Å². The maximum Gasteiger partial charge on any atom is 0.248 e. The Morgan fingerprint density at radius 1 is 1.20 bits per heavy atom. The molecule has 0 amide bonds. The maximum absolute atomic E-state index is 13.1. The molecule has 0 bridgehead atoms. The van der Waals surface area contributed by atoms with Crippen LogP contribution in [0.15, 0.2) is 33.9 Å². The molecule has 0 saturated carbocycles. The summed E-state index contributed by atoms with van der Waals surface area (Å²) in [4.78, 5) is 6.55. The molecule has 9 heteroatoms. The van der Waals surface area contributed by atoms with Gasteiger partial charge in [0.1, 0.15) is 10.6 Å². The first-order valence-electron chi connectivity index (χ1n) is 10.5. The molecule has 0 aromatic carbocycles.